The van der Waals surface area contributed by atoms with E-state index in [1.165, 1.54) is 16.7 Å². The summed E-state index contributed by atoms with van der Waals surface area (Å²) in [6, 6.07) is 6.77. The van der Waals surface area contributed by atoms with Crippen molar-refractivity contribution in [3.8, 4) is 11.1 Å². The summed E-state index contributed by atoms with van der Waals surface area (Å²) in [6.45, 7) is 8.76. The normalized spacial score (nSPS) is 24.7. The van der Waals surface area contributed by atoms with E-state index in [0.29, 0.717) is 44.4 Å². The third-order valence-corrected chi connectivity index (χ3v) is 7.76. The molecule has 3 aliphatic heterocycles. The molecule has 1 aromatic carbocycles. The second-order valence-corrected chi connectivity index (χ2v) is 10.6. The van der Waals surface area contributed by atoms with Crippen LogP contribution in [-0.2, 0) is 22.4 Å². The molecule has 2 N–H and O–H groups in total. The minimum absolute atomic E-state index is 0.0518. The largest absolute Gasteiger partial charge is 0.378 e. The number of fused-ring (bicyclic) bond motifs is 2. The molecule has 3 aromatic rings. The van der Waals surface area contributed by atoms with E-state index < -0.39 is 0 Å². The van der Waals surface area contributed by atoms with Gasteiger partial charge in [-0.2, -0.15) is 0 Å². The molecule has 6 rings (SSSR count). The van der Waals surface area contributed by atoms with Crippen LogP contribution in [0.4, 0.5) is 4.79 Å². The molecule has 8 nitrogen and oxygen atoms in total. The highest BCUT2D eigenvalue weighted by Crippen LogP contribution is 2.35. The van der Waals surface area contributed by atoms with E-state index in [9.17, 15) is 4.79 Å². The number of aromatic amines is 1. The van der Waals surface area contributed by atoms with Crippen molar-refractivity contribution >= 4 is 28.7 Å². The number of urea groups is 1. The Hall–Kier alpha value is -2.65. The minimum Gasteiger partial charge on any atom is -0.378 e. The molecule has 5 heterocycles. The fourth-order valence-electron chi connectivity index (χ4n) is 5.77. The van der Waals surface area contributed by atoms with Crippen molar-refractivity contribution in [3.05, 3.63) is 52.3 Å². The number of halogens is 1. The summed E-state index contributed by atoms with van der Waals surface area (Å²) in [4.78, 5) is 25.1. The fraction of sp³-hybridized carbons (Fsp3) is 0.481. The second kappa shape index (κ2) is 9.67. The Bertz CT molecular complexity index is 1280. The van der Waals surface area contributed by atoms with Crippen LogP contribution in [0.15, 0.2) is 30.6 Å². The first-order valence-corrected chi connectivity index (χ1v) is 13.1. The van der Waals surface area contributed by atoms with Crippen LogP contribution in [0.2, 0.25) is 5.02 Å². The van der Waals surface area contributed by atoms with Crippen LogP contribution < -0.4 is 5.32 Å². The van der Waals surface area contributed by atoms with Gasteiger partial charge in [-0.1, -0.05) is 17.7 Å². The van der Waals surface area contributed by atoms with Crippen LogP contribution in [0.25, 0.3) is 22.2 Å². The zero-order chi connectivity index (χ0) is 24.8. The lowest BCUT2D eigenvalue weighted by Gasteiger charge is -2.40. The molecular formula is C27H32ClN5O3. The minimum atomic E-state index is 0.0518. The van der Waals surface area contributed by atoms with Gasteiger partial charge in [-0.3, -0.25) is 0 Å². The van der Waals surface area contributed by atoms with E-state index in [0.717, 1.165) is 35.1 Å². The number of nitrogens with one attached hydrogen (secondary N) is 2. The molecule has 0 radical (unpaired) electrons. The number of hydrogen-bond acceptors (Lipinski definition) is 5. The molecule has 0 aliphatic carbocycles. The molecule has 3 atom stereocenters. The Kier molecular flexibility index (Phi) is 6.37. The van der Waals surface area contributed by atoms with Gasteiger partial charge in [0, 0.05) is 56.1 Å². The van der Waals surface area contributed by atoms with Gasteiger partial charge >= 0.3 is 6.03 Å². The van der Waals surface area contributed by atoms with Crippen molar-refractivity contribution in [3.63, 3.8) is 0 Å². The predicted molar refractivity (Wildman–Crippen MR) is 139 cm³/mol. The molecule has 0 saturated carbocycles. The molecule has 0 spiro atoms. The maximum atomic E-state index is 13.5. The highest BCUT2D eigenvalue weighted by atomic mass is 35.5. The van der Waals surface area contributed by atoms with Gasteiger partial charge in [-0.15, -0.1) is 0 Å². The molecule has 0 bridgehead atoms. The van der Waals surface area contributed by atoms with Crippen LogP contribution in [-0.4, -0.2) is 77.4 Å². The topological polar surface area (TPSA) is 82.7 Å². The van der Waals surface area contributed by atoms with Crippen molar-refractivity contribution < 1.29 is 14.3 Å². The molecule has 2 fully saturated rings. The first kappa shape index (κ1) is 23.7. The summed E-state index contributed by atoms with van der Waals surface area (Å²) in [5, 5.41) is 5.20. The predicted octanol–water partition coefficient (Wildman–Crippen LogP) is 4.13. The smallest absolute Gasteiger partial charge is 0.320 e. The number of nitrogens with zero attached hydrogens (tertiary/aromatic N) is 3. The number of rotatable bonds is 2. The number of carbonyl (C=O) groups is 1. The third-order valence-electron chi connectivity index (χ3n) is 7.45. The summed E-state index contributed by atoms with van der Waals surface area (Å²) in [6.07, 6.45) is 4.58. The van der Waals surface area contributed by atoms with Crippen molar-refractivity contribution in [2.45, 2.75) is 45.1 Å². The van der Waals surface area contributed by atoms with Crippen LogP contribution in [0.1, 0.15) is 36.6 Å². The Morgan fingerprint density at radius 2 is 1.97 bits per heavy atom. The van der Waals surface area contributed by atoms with Crippen LogP contribution in [0, 0.1) is 0 Å². The van der Waals surface area contributed by atoms with Crippen LogP contribution in [0.5, 0.6) is 0 Å². The number of H-pyrrole nitrogens is 1. The number of aromatic nitrogens is 2. The molecule has 0 unspecified atom stereocenters. The molecule has 2 saturated heterocycles. The van der Waals surface area contributed by atoms with E-state index >= 15 is 0 Å². The van der Waals surface area contributed by atoms with Crippen molar-refractivity contribution in [1.82, 2.24) is 25.1 Å². The highest BCUT2D eigenvalue weighted by Gasteiger charge is 2.32. The van der Waals surface area contributed by atoms with Crippen LogP contribution >= 0.6 is 11.6 Å². The number of carbonyl (C=O) groups excluding carboxylic acids is 1. The van der Waals surface area contributed by atoms with Gasteiger partial charge in [0.05, 0.1) is 36.5 Å². The molecule has 9 heteroatoms. The number of pyridine rings is 1. The maximum absolute atomic E-state index is 13.5. The SMILES string of the molecule is C[C@@H]1CN(C(=O)N2CCc3cc(-c4cnc5[nH]cc(Cl)c5c4)cc([C@@H]4COCCN4)c3C2)C[C@@H](C)O1. The van der Waals surface area contributed by atoms with Crippen LogP contribution in [0.3, 0.4) is 0 Å². The number of ether oxygens (including phenoxy) is 2. The summed E-state index contributed by atoms with van der Waals surface area (Å²) in [7, 11) is 0. The van der Waals surface area contributed by atoms with E-state index in [1.807, 2.05) is 29.8 Å². The van der Waals surface area contributed by atoms with Crippen molar-refractivity contribution in [1.29, 1.82) is 0 Å². The number of morpholine rings is 2. The second-order valence-electron chi connectivity index (χ2n) is 10.2. The van der Waals surface area contributed by atoms with Crippen molar-refractivity contribution in [2.75, 3.05) is 39.4 Å². The molecular weight excluding hydrogens is 478 g/mol. The van der Waals surface area contributed by atoms with Crippen molar-refractivity contribution in [2.24, 2.45) is 0 Å². The zero-order valence-corrected chi connectivity index (χ0v) is 21.5. The quantitative estimate of drug-likeness (QED) is 0.542. The van der Waals surface area contributed by atoms with E-state index in [1.54, 1.807) is 6.20 Å². The standard InChI is InChI=1S/C27H32ClN5O3/c1-16-12-33(13-17(2)36-16)27(34)32-5-3-18-7-19(20-9-22-24(28)11-31-26(22)30-10-20)8-21(23(18)14-32)25-15-35-6-4-29-25/h7-11,16-17,25,29H,3-6,12-15H2,1-2H3,(H,30,31)/t16-,17-,25+/m1/s1. The maximum Gasteiger partial charge on any atom is 0.320 e. The molecule has 2 amide bonds. The van der Waals surface area contributed by atoms with Gasteiger partial charge in [-0.25, -0.2) is 9.78 Å². The lowest BCUT2D eigenvalue weighted by atomic mass is 9.87. The monoisotopic (exact) mass is 509 g/mol. The van der Waals surface area contributed by atoms with Gasteiger partial charge in [0.25, 0.3) is 0 Å². The van der Waals surface area contributed by atoms with Gasteiger partial charge in [0.1, 0.15) is 5.65 Å². The average Bonchev–Trinajstić information content (AvgIpc) is 3.27. The van der Waals surface area contributed by atoms with E-state index in [2.05, 4.69) is 33.5 Å². The lowest BCUT2D eigenvalue weighted by Crippen LogP contribution is -2.53. The number of amides is 2. The molecule has 190 valence electrons. The molecule has 3 aliphatic rings. The first-order chi connectivity index (χ1) is 17.5. The zero-order valence-electron chi connectivity index (χ0n) is 20.7. The van der Waals surface area contributed by atoms with E-state index in [4.69, 9.17) is 21.1 Å². The average molecular weight is 510 g/mol. The van der Waals surface area contributed by atoms with Gasteiger partial charge < -0.3 is 29.6 Å². The summed E-state index contributed by atoms with van der Waals surface area (Å²) in [5.74, 6) is 0. The Labute approximate surface area is 215 Å². The number of benzene rings is 1. The fourth-order valence-corrected chi connectivity index (χ4v) is 5.97. The van der Waals surface area contributed by atoms with E-state index in [-0.39, 0.29) is 24.3 Å². The summed E-state index contributed by atoms with van der Waals surface area (Å²) >= 11 is 6.38. The summed E-state index contributed by atoms with van der Waals surface area (Å²) < 4.78 is 11.7. The highest BCUT2D eigenvalue weighted by molar-refractivity contribution is 6.35. The molecule has 2 aromatic heterocycles. The number of hydrogen-bond donors (Lipinski definition) is 2. The first-order valence-electron chi connectivity index (χ1n) is 12.8. The summed E-state index contributed by atoms with van der Waals surface area (Å²) in [5.41, 5.74) is 6.62. The Morgan fingerprint density at radius 3 is 2.75 bits per heavy atom. The third kappa shape index (κ3) is 4.47. The molecule has 36 heavy (non-hydrogen) atoms. The Balaban J connectivity index is 1.35. The van der Waals surface area contributed by atoms with Gasteiger partial charge in [0.2, 0.25) is 0 Å². The van der Waals surface area contributed by atoms with Gasteiger partial charge in [0.15, 0.2) is 0 Å². The van der Waals surface area contributed by atoms with Gasteiger partial charge in [-0.05, 0) is 54.7 Å². The lowest BCUT2D eigenvalue weighted by molar-refractivity contribution is -0.0585. The Morgan fingerprint density at radius 1 is 1.14 bits per heavy atom.